The molecule has 19 heavy (non-hydrogen) atoms. The van der Waals surface area contributed by atoms with Crippen LogP contribution < -0.4 is 11.1 Å². The number of amides is 1. The smallest absolute Gasteiger partial charge is 0.276 e. The van der Waals surface area contributed by atoms with E-state index in [0.29, 0.717) is 11.4 Å². The van der Waals surface area contributed by atoms with Gasteiger partial charge in [-0.1, -0.05) is 15.9 Å². The molecule has 0 unspecified atom stereocenters. The fourth-order valence-electron chi connectivity index (χ4n) is 1.44. The first-order valence-corrected chi connectivity index (χ1v) is 7.53. The minimum atomic E-state index is -0.359. The Morgan fingerprint density at radius 3 is 2.42 bits per heavy atom. The van der Waals surface area contributed by atoms with Crippen LogP contribution in [-0.2, 0) is 0 Å². The summed E-state index contributed by atoms with van der Waals surface area (Å²) >= 11 is 10.1. The lowest BCUT2D eigenvalue weighted by atomic mass is 10.2. The van der Waals surface area contributed by atoms with E-state index in [4.69, 9.17) is 5.73 Å². The van der Waals surface area contributed by atoms with Crippen molar-refractivity contribution in [1.82, 2.24) is 4.98 Å². The third-order valence-corrected chi connectivity index (χ3v) is 4.01. The molecule has 2 aromatic rings. The van der Waals surface area contributed by atoms with E-state index in [1.54, 1.807) is 12.1 Å². The van der Waals surface area contributed by atoms with Crippen molar-refractivity contribution in [2.75, 3.05) is 11.1 Å². The van der Waals surface area contributed by atoms with Crippen LogP contribution in [0.3, 0.4) is 0 Å². The number of hydrogen-bond acceptors (Lipinski definition) is 3. The van der Waals surface area contributed by atoms with Gasteiger partial charge in [-0.3, -0.25) is 4.79 Å². The van der Waals surface area contributed by atoms with Crippen molar-refractivity contribution in [2.24, 2.45) is 0 Å². The number of hydrogen-bond donors (Lipinski definition) is 2. The normalized spacial score (nSPS) is 10.3. The Labute approximate surface area is 135 Å². The lowest BCUT2D eigenvalue weighted by molar-refractivity contribution is 0.102. The maximum atomic E-state index is 12.1. The van der Waals surface area contributed by atoms with Gasteiger partial charge >= 0.3 is 0 Å². The van der Waals surface area contributed by atoms with E-state index >= 15 is 0 Å². The first-order valence-electron chi connectivity index (χ1n) is 5.15. The Kier molecular flexibility index (Phi) is 4.59. The summed E-state index contributed by atoms with van der Waals surface area (Å²) in [6.45, 7) is 0. The van der Waals surface area contributed by atoms with E-state index in [9.17, 15) is 4.79 Å². The number of carbonyl (C=O) groups is 1. The first kappa shape index (κ1) is 14.5. The molecule has 0 aliphatic heterocycles. The Morgan fingerprint density at radius 1 is 1.21 bits per heavy atom. The van der Waals surface area contributed by atoms with Gasteiger partial charge in [0, 0.05) is 19.6 Å². The molecule has 98 valence electrons. The molecule has 7 heteroatoms. The van der Waals surface area contributed by atoms with Crippen molar-refractivity contribution in [3.05, 3.63) is 49.6 Å². The molecule has 0 saturated carbocycles. The number of halogens is 3. The molecular formula is C12H8Br3N3O. The monoisotopic (exact) mass is 447 g/mol. The minimum absolute atomic E-state index is 0.198. The molecule has 0 radical (unpaired) electrons. The van der Waals surface area contributed by atoms with E-state index in [2.05, 4.69) is 58.1 Å². The van der Waals surface area contributed by atoms with Gasteiger partial charge in [-0.15, -0.1) is 0 Å². The van der Waals surface area contributed by atoms with Gasteiger partial charge in [0.1, 0.15) is 0 Å². The Hall–Kier alpha value is -0.920. The Bertz CT molecular complexity index is 623. The van der Waals surface area contributed by atoms with Crippen LogP contribution in [0.15, 0.2) is 43.9 Å². The zero-order valence-corrected chi connectivity index (χ0v) is 14.2. The number of aromatic nitrogens is 1. The summed E-state index contributed by atoms with van der Waals surface area (Å²) in [6.07, 6.45) is 1.52. The number of rotatable bonds is 2. The number of pyridine rings is 1. The fourth-order valence-corrected chi connectivity index (χ4v) is 3.90. The zero-order chi connectivity index (χ0) is 14.0. The Morgan fingerprint density at radius 2 is 1.84 bits per heavy atom. The molecule has 0 spiro atoms. The molecule has 0 aliphatic rings. The minimum Gasteiger partial charge on any atom is -0.397 e. The number of benzene rings is 1. The van der Waals surface area contributed by atoms with E-state index < -0.39 is 0 Å². The highest BCUT2D eigenvalue weighted by molar-refractivity contribution is 9.11. The van der Waals surface area contributed by atoms with Gasteiger partial charge in [0.05, 0.1) is 11.4 Å². The number of nitrogens with zero attached hydrogens (tertiary/aromatic N) is 1. The van der Waals surface area contributed by atoms with Crippen LogP contribution in [-0.4, -0.2) is 10.9 Å². The van der Waals surface area contributed by atoms with Crippen molar-refractivity contribution >= 4 is 65.1 Å². The predicted octanol–water partition coefficient (Wildman–Crippen LogP) is 4.20. The predicted molar refractivity (Wildman–Crippen MR) is 86.1 cm³/mol. The topological polar surface area (TPSA) is 68.0 Å². The van der Waals surface area contributed by atoms with Gasteiger partial charge in [-0.05, 0) is 56.1 Å². The van der Waals surface area contributed by atoms with Crippen molar-refractivity contribution < 1.29 is 4.79 Å². The van der Waals surface area contributed by atoms with Crippen LogP contribution in [0.1, 0.15) is 10.5 Å². The van der Waals surface area contributed by atoms with Crippen molar-refractivity contribution in [2.45, 2.75) is 0 Å². The molecular weight excluding hydrogens is 442 g/mol. The maximum Gasteiger partial charge on any atom is 0.276 e. The molecule has 1 heterocycles. The van der Waals surface area contributed by atoms with Crippen LogP contribution in [0.4, 0.5) is 11.4 Å². The average molecular weight is 450 g/mol. The standard InChI is InChI=1S/C12H8Br3N3O/c13-6-4-7(14)10(8(15)5-6)18-12(19)11-9(16)2-1-3-17-11/h1-5H,16H2,(H,18,19). The van der Waals surface area contributed by atoms with E-state index in [1.165, 1.54) is 6.20 Å². The summed E-state index contributed by atoms with van der Waals surface area (Å²) < 4.78 is 2.38. The third-order valence-electron chi connectivity index (χ3n) is 2.30. The van der Waals surface area contributed by atoms with E-state index in [1.807, 2.05) is 12.1 Å². The summed E-state index contributed by atoms with van der Waals surface area (Å²) in [7, 11) is 0. The molecule has 0 bridgehead atoms. The van der Waals surface area contributed by atoms with Gasteiger partial charge in [0.25, 0.3) is 5.91 Å². The zero-order valence-electron chi connectivity index (χ0n) is 9.45. The van der Waals surface area contributed by atoms with Gasteiger partial charge in [-0.2, -0.15) is 0 Å². The second-order valence-electron chi connectivity index (χ2n) is 3.64. The molecule has 4 nitrogen and oxygen atoms in total. The third kappa shape index (κ3) is 3.34. The summed E-state index contributed by atoms with van der Waals surface area (Å²) in [6, 6.07) is 6.98. The maximum absolute atomic E-state index is 12.1. The molecule has 2 rings (SSSR count). The molecule has 0 aliphatic carbocycles. The Balaban J connectivity index is 2.32. The summed E-state index contributed by atoms with van der Waals surface area (Å²) in [5.74, 6) is -0.359. The SMILES string of the molecule is Nc1cccnc1C(=O)Nc1c(Br)cc(Br)cc1Br. The van der Waals surface area contributed by atoms with Gasteiger partial charge in [-0.25, -0.2) is 4.98 Å². The van der Waals surface area contributed by atoms with Crippen LogP contribution >= 0.6 is 47.8 Å². The average Bonchev–Trinajstić information content (AvgIpc) is 2.34. The highest BCUT2D eigenvalue weighted by Gasteiger charge is 2.15. The lowest BCUT2D eigenvalue weighted by Crippen LogP contribution is -2.16. The number of anilines is 2. The largest absolute Gasteiger partial charge is 0.397 e. The van der Waals surface area contributed by atoms with Gasteiger partial charge < -0.3 is 11.1 Å². The molecule has 0 saturated heterocycles. The molecule has 0 fully saturated rings. The number of nitrogen functional groups attached to an aromatic ring is 1. The quantitative estimate of drug-likeness (QED) is 0.721. The van der Waals surface area contributed by atoms with Gasteiger partial charge in [0.2, 0.25) is 0 Å². The van der Waals surface area contributed by atoms with Crippen LogP contribution in [0.2, 0.25) is 0 Å². The highest BCUT2D eigenvalue weighted by atomic mass is 79.9. The molecule has 3 N–H and O–H groups in total. The molecule has 1 amide bonds. The summed E-state index contributed by atoms with van der Waals surface area (Å²) in [5, 5.41) is 2.77. The van der Waals surface area contributed by atoms with Crippen LogP contribution in [0.25, 0.3) is 0 Å². The fraction of sp³-hybridized carbons (Fsp3) is 0. The van der Waals surface area contributed by atoms with E-state index in [0.717, 1.165) is 13.4 Å². The molecule has 0 atom stereocenters. The second kappa shape index (κ2) is 6.02. The van der Waals surface area contributed by atoms with Crippen LogP contribution in [0, 0.1) is 0 Å². The second-order valence-corrected chi connectivity index (χ2v) is 6.26. The summed E-state index contributed by atoms with van der Waals surface area (Å²) in [4.78, 5) is 16.1. The van der Waals surface area contributed by atoms with Gasteiger partial charge in [0.15, 0.2) is 5.69 Å². The lowest BCUT2D eigenvalue weighted by Gasteiger charge is -2.10. The summed E-state index contributed by atoms with van der Waals surface area (Å²) in [5.41, 5.74) is 6.88. The number of nitrogens with one attached hydrogen (secondary N) is 1. The number of nitrogens with two attached hydrogens (primary N) is 1. The van der Waals surface area contributed by atoms with E-state index in [-0.39, 0.29) is 11.6 Å². The molecule has 1 aromatic carbocycles. The van der Waals surface area contributed by atoms with Crippen molar-refractivity contribution in [3.63, 3.8) is 0 Å². The molecule has 1 aromatic heterocycles. The van der Waals surface area contributed by atoms with Crippen LogP contribution in [0.5, 0.6) is 0 Å². The highest BCUT2D eigenvalue weighted by Crippen LogP contribution is 2.34. The van der Waals surface area contributed by atoms with Crippen molar-refractivity contribution in [3.8, 4) is 0 Å². The number of carbonyl (C=O) groups excluding carboxylic acids is 1. The van der Waals surface area contributed by atoms with Crippen molar-refractivity contribution in [1.29, 1.82) is 0 Å². The first-order chi connectivity index (χ1) is 8.99.